The zero-order valence-electron chi connectivity index (χ0n) is 10.8. The van der Waals surface area contributed by atoms with Crippen LogP contribution in [0.15, 0.2) is 18.2 Å². The zero-order valence-corrected chi connectivity index (χ0v) is 11.5. The van der Waals surface area contributed by atoms with Crippen LogP contribution in [0, 0.1) is 5.82 Å². The molecule has 1 heterocycles. The standard InChI is InChI=1S/C14H20ClFN2/c1-2-13-10-18(7-3-6-17-13)9-11-4-5-12(15)8-14(11)16/h4-5,8,13,17H,2-3,6-7,9-10H2,1H3. The van der Waals surface area contributed by atoms with Crippen molar-refractivity contribution in [1.29, 1.82) is 0 Å². The zero-order chi connectivity index (χ0) is 13.0. The van der Waals surface area contributed by atoms with E-state index < -0.39 is 0 Å². The molecule has 1 aromatic carbocycles. The molecule has 0 aliphatic carbocycles. The molecule has 1 saturated heterocycles. The van der Waals surface area contributed by atoms with Gasteiger partial charge in [-0.1, -0.05) is 24.6 Å². The van der Waals surface area contributed by atoms with E-state index in [1.54, 1.807) is 12.1 Å². The van der Waals surface area contributed by atoms with Crippen molar-refractivity contribution < 1.29 is 4.39 Å². The molecule has 0 aromatic heterocycles. The van der Waals surface area contributed by atoms with Gasteiger partial charge < -0.3 is 5.32 Å². The summed E-state index contributed by atoms with van der Waals surface area (Å²) in [5.41, 5.74) is 0.733. The number of benzene rings is 1. The van der Waals surface area contributed by atoms with Crippen molar-refractivity contribution in [2.24, 2.45) is 0 Å². The van der Waals surface area contributed by atoms with Gasteiger partial charge in [-0.3, -0.25) is 4.90 Å². The summed E-state index contributed by atoms with van der Waals surface area (Å²) in [4.78, 5) is 2.32. The van der Waals surface area contributed by atoms with E-state index in [1.807, 2.05) is 0 Å². The lowest BCUT2D eigenvalue weighted by atomic mass is 10.1. The largest absolute Gasteiger partial charge is 0.313 e. The second-order valence-electron chi connectivity index (χ2n) is 4.88. The monoisotopic (exact) mass is 270 g/mol. The molecule has 1 unspecified atom stereocenters. The first-order valence-electron chi connectivity index (χ1n) is 6.58. The van der Waals surface area contributed by atoms with Gasteiger partial charge in [-0.05, 0) is 38.1 Å². The Morgan fingerprint density at radius 1 is 1.50 bits per heavy atom. The molecule has 100 valence electrons. The molecule has 2 nitrogen and oxygen atoms in total. The van der Waals surface area contributed by atoms with Crippen LogP contribution in [0.2, 0.25) is 5.02 Å². The smallest absolute Gasteiger partial charge is 0.129 e. The second kappa shape index (κ2) is 6.50. The van der Waals surface area contributed by atoms with Crippen molar-refractivity contribution in [3.8, 4) is 0 Å². The fraction of sp³-hybridized carbons (Fsp3) is 0.571. The summed E-state index contributed by atoms with van der Waals surface area (Å²) < 4.78 is 13.8. The summed E-state index contributed by atoms with van der Waals surface area (Å²) >= 11 is 5.77. The summed E-state index contributed by atoms with van der Waals surface area (Å²) in [6.45, 7) is 5.91. The van der Waals surface area contributed by atoms with Gasteiger partial charge in [-0.25, -0.2) is 4.39 Å². The molecule has 0 spiro atoms. The van der Waals surface area contributed by atoms with E-state index >= 15 is 0 Å². The average molecular weight is 271 g/mol. The van der Waals surface area contributed by atoms with Crippen LogP contribution in [0.5, 0.6) is 0 Å². The molecule has 0 radical (unpaired) electrons. The highest BCUT2D eigenvalue weighted by molar-refractivity contribution is 6.30. The minimum Gasteiger partial charge on any atom is -0.313 e. The van der Waals surface area contributed by atoms with Crippen LogP contribution < -0.4 is 5.32 Å². The number of halogens is 2. The van der Waals surface area contributed by atoms with Crippen molar-refractivity contribution in [2.75, 3.05) is 19.6 Å². The molecular formula is C14H20ClFN2. The van der Waals surface area contributed by atoms with Crippen molar-refractivity contribution >= 4 is 11.6 Å². The average Bonchev–Trinajstić information content (AvgIpc) is 2.58. The van der Waals surface area contributed by atoms with Crippen molar-refractivity contribution in [3.63, 3.8) is 0 Å². The van der Waals surface area contributed by atoms with Gasteiger partial charge in [0.05, 0.1) is 0 Å². The summed E-state index contributed by atoms with van der Waals surface area (Å²) in [5, 5.41) is 3.97. The third kappa shape index (κ3) is 3.67. The molecule has 0 amide bonds. The van der Waals surface area contributed by atoms with Crippen molar-refractivity contribution in [2.45, 2.75) is 32.4 Å². The Balaban J connectivity index is 2.02. The summed E-state index contributed by atoms with van der Waals surface area (Å²) in [6, 6.07) is 5.46. The minimum absolute atomic E-state index is 0.201. The highest BCUT2D eigenvalue weighted by atomic mass is 35.5. The van der Waals surface area contributed by atoms with E-state index in [1.165, 1.54) is 6.07 Å². The molecule has 18 heavy (non-hydrogen) atoms. The number of hydrogen-bond donors (Lipinski definition) is 1. The van der Waals surface area contributed by atoms with Gasteiger partial charge in [-0.2, -0.15) is 0 Å². The maximum Gasteiger partial charge on any atom is 0.129 e. The van der Waals surface area contributed by atoms with Crippen LogP contribution >= 0.6 is 11.6 Å². The second-order valence-corrected chi connectivity index (χ2v) is 5.32. The first-order valence-corrected chi connectivity index (χ1v) is 6.96. The molecule has 4 heteroatoms. The van der Waals surface area contributed by atoms with Crippen LogP contribution in [-0.2, 0) is 6.54 Å². The van der Waals surface area contributed by atoms with E-state index in [9.17, 15) is 4.39 Å². The van der Waals surface area contributed by atoms with E-state index in [-0.39, 0.29) is 5.82 Å². The Morgan fingerprint density at radius 3 is 3.06 bits per heavy atom. The Bertz CT molecular complexity index is 397. The molecule has 0 bridgehead atoms. The number of nitrogens with zero attached hydrogens (tertiary/aromatic N) is 1. The molecular weight excluding hydrogens is 251 g/mol. The molecule has 1 aromatic rings. The van der Waals surface area contributed by atoms with Crippen LogP contribution in [-0.4, -0.2) is 30.6 Å². The normalized spacial score (nSPS) is 21.8. The van der Waals surface area contributed by atoms with Gasteiger partial charge in [0.2, 0.25) is 0 Å². The van der Waals surface area contributed by atoms with Crippen LogP contribution in [0.25, 0.3) is 0 Å². The van der Waals surface area contributed by atoms with Crippen LogP contribution in [0.1, 0.15) is 25.3 Å². The summed E-state index contributed by atoms with van der Waals surface area (Å²) in [5.74, 6) is -0.201. The van der Waals surface area contributed by atoms with Crippen LogP contribution in [0.3, 0.4) is 0 Å². The molecule has 1 aliphatic rings. The topological polar surface area (TPSA) is 15.3 Å². The number of hydrogen-bond acceptors (Lipinski definition) is 2. The highest BCUT2D eigenvalue weighted by Gasteiger charge is 2.17. The lowest BCUT2D eigenvalue weighted by Gasteiger charge is -2.23. The fourth-order valence-electron chi connectivity index (χ4n) is 2.38. The van der Waals surface area contributed by atoms with Gasteiger partial charge in [0.15, 0.2) is 0 Å². The van der Waals surface area contributed by atoms with Gasteiger partial charge in [0.1, 0.15) is 5.82 Å². The van der Waals surface area contributed by atoms with Crippen LogP contribution in [0.4, 0.5) is 4.39 Å². The van der Waals surface area contributed by atoms with Gasteiger partial charge in [0, 0.05) is 29.7 Å². The lowest BCUT2D eigenvalue weighted by Crippen LogP contribution is -2.36. The van der Waals surface area contributed by atoms with E-state index in [0.29, 0.717) is 17.6 Å². The Morgan fingerprint density at radius 2 is 2.33 bits per heavy atom. The molecule has 0 saturated carbocycles. The number of nitrogens with one attached hydrogen (secondary N) is 1. The van der Waals surface area contributed by atoms with Gasteiger partial charge in [-0.15, -0.1) is 0 Å². The lowest BCUT2D eigenvalue weighted by molar-refractivity contribution is 0.254. The van der Waals surface area contributed by atoms with E-state index in [0.717, 1.165) is 38.0 Å². The third-order valence-electron chi connectivity index (χ3n) is 3.46. The van der Waals surface area contributed by atoms with Gasteiger partial charge in [0.25, 0.3) is 0 Å². The molecule has 1 fully saturated rings. The minimum atomic E-state index is -0.201. The molecule has 1 atom stereocenters. The first kappa shape index (κ1) is 13.8. The number of rotatable bonds is 3. The molecule has 1 aliphatic heterocycles. The third-order valence-corrected chi connectivity index (χ3v) is 3.70. The van der Waals surface area contributed by atoms with Crippen molar-refractivity contribution in [3.05, 3.63) is 34.6 Å². The SMILES string of the molecule is CCC1CN(Cc2ccc(Cl)cc2F)CCCN1. The predicted molar refractivity (Wildman–Crippen MR) is 73.4 cm³/mol. The van der Waals surface area contributed by atoms with E-state index in [4.69, 9.17) is 11.6 Å². The highest BCUT2D eigenvalue weighted by Crippen LogP contribution is 2.17. The quantitative estimate of drug-likeness (QED) is 0.908. The van der Waals surface area contributed by atoms with E-state index in [2.05, 4.69) is 17.1 Å². The van der Waals surface area contributed by atoms with Gasteiger partial charge >= 0.3 is 0 Å². The Labute approximate surface area is 113 Å². The van der Waals surface area contributed by atoms with Crippen molar-refractivity contribution in [1.82, 2.24) is 10.2 Å². The first-order chi connectivity index (χ1) is 8.69. The summed E-state index contributed by atoms with van der Waals surface area (Å²) in [7, 11) is 0. The Kier molecular flexibility index (Phi) is 4.98. The fourth-order valence-corrected chi connectivity index (χ4v) is 2.54. The molecule has 1 N–H and O–H groups in total. The maximum atomic E-state index is 13.8. The maximum absolute atomic E-state index is 13.8. The summed E-state index contributed by atoms with van der Waals surface area (Å²) in [6.07, 6.45) is 2.23. The molecule has 2 rings (SSSR count). The Hall–Kier alpha value is -0.640. The predicted octanol–water partition coefficient (Wildman–Crippen LogP) is 3.05.